The number of amides is 1. The van der Waals surface area contributed by atoms with E-state index in [0.29, 0.717) is 0 Å². The van der Waals surface area contributed by atoms with Gasteiger partial charge in [-0.3, -0.25) is 4.79 Å². The first-order valence-electron chi connectivity index (χ1n) is 5.52. The van der Waals surface area contributed by atoms with Crippen molar-refractivity contribution in [3.8, 4) is 11.5 Å². The lowest BCUT2D eigenvalue weighted by Crippen LogP contribution is -2.30. The summed E-state index contributed by atoms with van der Waals surface area (Å²) < 4.78 is 25.7. The summed E-state index contributed by atoms with van der Waals surface area (Å²) in [5, 5.41) is 20.4. The summed E-state index contributed by atoms with van der Waals surface area (Å²) in [6.45, 7) is 0. The van der Waals surface area contributed by atoms with Gasteiger partial charge in [0.05, 0.1) is 4.90 Å². The molecule has 0 fully saturated rings. The van der Waals surface area contributed by atoms with E-state index < -0.39 is 27.4 Å². The van der Waals surface area contributed by atoms with E-state index in [9.17, 15) is 23.4 Å². The highest BCUT2D eigenvalue weighted by molar-refractivity contribution is 7.90. The molecule has 0 bridgehead atoms. The van der Waals surface area contributed by atoms with Gasteiger partial charge in [0, 0.05) is 5.56 Å². The second kappa shape index (κ2) is 5.22. The molecule has 2 rings (SSSR count). The van der Waals surface area contributed by atoms with Crippen molar-refractivity contribution in [1.82, 2.24) is 4.72 Å². The van der Waals surface area contributed by atoms with Crippen LogP contribution in [0.4, 0.5) is 0 Å². The topological polar surface area (TPSA) is 107 Å². The van der Waals surface area contributed by atoms with Crippen molar-refractivity contribution in [1.29, 1.82) is 0 Å². The molecule has 1 amide bonds. The zero-order chi connectivity index (χ0) is 14.8. The molecule has 20 heavy (non-hydrogen) atoms. The standard InChI is InChI=1S/C13H11NO5S/c15-10-6-9(7-11(16)8-10)13(17)14-20(18,19)12-4-2-1-3-5-12/h1-8,15-16H,(H,14,17)/p-1. The smallest absolute Gasteiger partial charge is 0.265 e. The summed E-state index contributed by atoms with van der Waals surface area (Å²) >= 11 is 0. The molecule has 0 aliphatic carbocycles. The Hall–Kier alpha value is -2.54. The minimum Gasteiger partial charge on any atom is -0.872 e. The number of hydrogen-bond acceptors (Lipinski definition) is 5. The Morgan fingerprint density at radius 1 is 1.10 bits per heavy atom. The summed E-state index contributed by atoms with van der Waals surface area (Å²) in [6.07, 6.45) is 0. The number of benzene rings is 2. The van der Waals surface area contributed by atoms with E-state index in [1.54, 1.807) is 6.07 Å². The molecule has 6 nitrogen and oxygen atoms in total. The Labute approximate surface area is 115 Å². The van der Waals surface area contributed by atoms with Crippen LogP contribution in [-0.2, 0) is 10.0 Å². The van der Waals surface area contributed by atoms with E-state index >= 15 is 0 Å². The fourth-order valence-electron chi connectivity index (χ4n) is 1.55. The molecule has 0 unspecified atom stereocenters. The number of hydrogen-bond donors (Lipinski definition) is 2. The van der Waals surface area contributed by atoms with Gasteiger partial charge < -0.3 is 10.2 Å². The molecule has 0 aliphatic heterocycles. The third-order valence-electron chi connectivity index (χ3n) is 2.43. The van der Waals surface area contributed by atoms with Gasteiger partial charge in [-0.25, -0.2) is 13.1 Å². The van der Waals surface area contributed by atoms with Crippen LogP contribution in [0, 0.1) is 0 Å². The molecular formula is C13H10NO5S-. The highest BCUT2D eigenvalue weighted by Gasteiger charge is 2.18. The Morgan fingerprint density at radius 3 is 2.35 bits per heavy atom. The number of rotatable bonds is 3. The zero-order valence-corrected chi connectivity index (χ0v) is 10.9. The van der Waals surface area contributed by atoms with Gasteiger partial charge in [0.1, 0.15) is 5.75 Å². The Balaban J connectivity index is 2.28. The molecule has 0 spiro atoms. The fourth-order valence-corrected chi connectivity index (χ4v) is 2.55. The van der Waals surface area contributed by atoms with Crippen molar-refractivity contribution in [2.75, 3.05) is 0 Å². The SMILES string of the molecule is O=C(NS(=O)(=O)c1ccccc1)c1cc([O-])cc(O)c1. The number of sulfonamides is 1. The largest absolute Gasteiger partial charge is 0.872 e. The third kappa shape index (κ3) is 3.07. The van der Waals surface area contributed by atoms with Crippen LogP contribution in [-0.4, -0.2) is 19.4 Å². The van der Waals surface area contributed by atoms with Crippen LogP contribution in [0.3, 0.4) is 0 Å². The van der Waals surface area contributed by atoms with Crippen LogP contribution < -0.4 is 9.83 Å². The molecule has 0 aromatic heterocycles. The minimum atomic E-state index is -4.02. The molecule has 0 aliphatic rings. The predicted molar refractivity (Wildman–Crippen MR) is 68.6 cm³/mol. The van der Waals surface area contributed by atoms with Crippen LogP contribution in [0.1, 0.15) is 10.4 Å². The summed E-state index contributed by atoms with van der Waals surface area (Å²) in [7, 11) is -4.02. The van der Waals surface area contributed by atoms with E-state index in [1.165, 1.54) is 24.3 Å². The van der Waals surface area contributed by atoms with Crippen LogP contribution in [0.2, 0.25) is 0 Å². The highest BCUT2D eigenvalue weighted by atomic mass is 32.2. The monoisotopic (exact) mass is 292 g/mol. The van der Waals surface area contributed by atoms with Gasteiger partial charge >= 0.3 is 0 Å². The number of aromatic hydroxyl groups is 1. The normalized spacial score (nSPS) is 11.0. The lowest BCUT2D eigenvalue weighted by atomic mass is 10.2. The summed E-state index contributed by atoms with van der Waals surface area (Å²) in [4.78, 5) is 11.7. The number of phenols is 1. The quantitative estimate of drug-likeness (QED) is 0.860. The summed E-state index contributed by atoms with van der Waals surface area (Å²) in [5.74, 6) is -1.98. The lowest BCUT2D eigenvalue weighted by molar-refractivity contribution is -0.268. The summed E-state index contributed by atoms with van der Waals surface area (Å²) in [5.41, 5.74) is -0.227. The molecule has 2 N–H and O–H groups in total. The Kier molecular flexibility index (Phi) is 3.62. The fraction of sp³-hybridized carbons (Fsp3) is 0. The van der Waals surface area contributed by atoms with E-state index in [2.05, 4.69) is 0 Å². The van der Waals surface area contributed by atoms with Gasteiger partial charge in [-0.2, -0.15) is 0 Å². The molecule has 7 heteroatoms. The molecule has 0 saturated carbocycles. The number of carbonyl (C=O) groups excluding carboxylic acids is 1. The Bertz CT molecular complexity index is 720. The van der Waals surface area contributed by atoms with Gasteiger partial charge in [0.15, 0.2) is 0 Å². The van der Waals surface area contributed by atoms with Gasteiger partial charge in [-0.15, -0.1) is 5.75 Å². The third-order valence-corrected chi connectivity index (χ3v) is 3.78. The maximum atomic E-state index is 11.9. The summed E-state index contributed by atoms with van der Waals surface area (Å²) in [6, 6.07) is 10.2. The maximum Gasteiger partial charge on any atom is 0.265 e. The zero-order valence-electron chi connectivity index (χ0n) is 10.1. The number of carbonyl (C=O) groups is 1. The molecule has 2 aromatic rings. The average Bonchev–Trinajstić information content (AvgIpc) is 2.38. The minimum absolute atomic E-state index is 0.0733. The van der Waals surface area contributed by atoms with Crippen LogP contribution in [0.25, 0.3) is 0 Å². The second-order valence-corrected chi connectivity index (χ2v) is 5.65. The highest BCUT2D eigenvalue weighted by Crippen LogP contribution is 2.18. The first-order chi connectivity index (χ1) is 9.38. The van der Waals surface area contributed by atoms with Crippen LogP contribution in [0.5, 0.6) is 11.5 Å². The Morgan fingerprint density at radius 2 is 1.75 bits per heavy atom. The van der Waals surface area contributed by atoms with Gasteiger partial charge in [0.2, 0.25) is 0 Å². The van der Waals surface area contributed by atoms with Gasteiger partial charge in [0.25, 0.3) is 15.9 Å². The van der Waals surface area contributed by atoms with Crippen LogP contribution >= 0.6 is 0 Å². The molecule has 0 atom stereocenters. The van der Waals surface area contributed by atoms with E-state index in [0.717, 1.165) is 18.2 Å². The maximum absolute atomic E-state index is 11.9. The van der Waals surface area contributed by atoms with Gasteiger partial charge in [-0.05, 0) is 24.3 Å². The van der Waals surface area contributed by atoms with Crippen molar-refractivity contribution in [3.63, 3.8) is 0 Å². The van der Waals surface area contributed by atoms with Crippen molar-refractivity contribution < 1.29 is 23.4 Å². The molecular weight excluding hydrogens is 282 g/mol. The van der Waals surface area contributed by atoms with Crippen LogP contribution in [0.15, 0.2) is 53.4 Å². The molecule has 0 radical (unpaired) electrons. The van der Waals surface area contributed by atoms with E-state index in [4.69, 9.17) is 0 Å². The van der Waals surface area contributed by atoms with Crippen molar-refractivity contribution in [2.45, 2.75) is 4.90 Å². The lowest BCUT2D eigenvalue weighted by Gasteiger charge is -2.10. The van der Waals surface area contributed by atoms with Crippen molar-refractivity contribution in [3.05, 3.63) is 54.1 Å². The number of phenolic OH excluding ortho intramolecular Hbond substituents is 1. The van der Waals surface area contributed by atoms with Crippen molar-refractivity contribution in [2.24, 2.45) is 0 Å². The van der Waals surface area contributed by atoms with E-state index in [-0.39, 0.29) is 10.5 Å². The molecule has 2 aromatic carbocycles. The first-order valence-corrected chi connectivity index (χ1v) is 7.00. The molecule has 0 saturated heterocycles. The van der Waals surface area contributed by atoms with E-state index in [1.807, 2.05) is 4.72 Å². The molecule has 0 heterocycles. The van der Waals surface area contributed by atoms with Gasteiger partial charge in [-0.1, -0.05) is 24.3 Å². The predicted octanol–water partition coefficient (Wildman–Crippen LogP) is 0.584. The first kappa shape index (κ1) is 13.9. The number of nitrogens with one attached hydrogen (secondary N) is 1. The van der Waals surface area contributed by atoms with Crippen molar-refractivity contribution >= 4 is 15.9 Å². The molecule has 104 valence electrons. The average molecular weight is 292 g/mol. The second-order valence-electron chi connectivity index (χ2n) is 3.96.